The summed E-state index contributed by atoms with van der Waals surface area (Å²) in [6.07, 6.45) is 1.97. The smallest absolute Gasteiger partial charge is 0.0652 e. The molecule has 5 rings (SSSR count). The number of nitrogens with zero attached hydrogens (tertiary/aromatic N) is 3. The molecule has 0 heterocycles. The van der Waals surface area contributed by atoms with Gasteiger partial charge in [-0.15, -0.1) is 0 Å². The molecule has 0 amide bonds. The Morgan fingerprint density at radius 2 is 1.00 bits per heavy atom. The van der Waals surface area contributed by atoms with Gasteiger partial charge in [0.05, 0.1) is 17.6 Å². The van der Waals surface area contributed by atoms with E-state index in [4.69, 9.17) is 5.10 Å². The number of rotatable bonds is 9. The summed E-state index contributed by atoms with van der Waals surface area (Å²) in [5.41, 5.74) is 8.14. The summed E-state index contributed by atoms with van der Waals surface area (Å²) in [7, 11) is 0. The second kappa shape index (κ2) is 11.9. The topological polar surface area (TPSA) is 18.8 Å². The van der Waals surface area contributed by atoms with E-state index in [2.05, 4.69) is 115 Å². The van der Waals surface area contributed by atoms with Crippen LogP contribution >= 0.6 is 0 Å². The normalized spacial score (nSPS) is 10.9. The van der Waals surface area contributed by atoms with Crippen LogP contribution in [0, 0.1) is 6.92 Å². The quantitative estimate of drug-likeness (QED) is 0.156. The van der Waals surface area contributed by atoms with E-state index in [0.29, 0.717) is 0 Å². The number of hydrogen-bond donors (Lipinski definition) is 0. The van der Waals surface area contributed by atoms with Crippen LogP contribution in [-0.2, 0) is 13.1 Å². The highest BCUT2D eigenvalue weighted by molar-refractivity contribution is 5.86. The number of hydrazone groups is 1. The Labute approximate surface area is 220 Å². The number of hydrogen-bond acceptors (Lipinski definition) is 3. The van der Waals surface area contributed by atoms with Gasteiger partial charge in [-0.05, 0) is 59.5 Å². The summed E-state index contributed by atoms with van der Waals surface area (Å²) in [5.74, 6) is 0. The average Bonchev–Trinajstić information content (AvgIpc) is 2.96. The fraction of sp³-hybridized carbons (Fsp3) is 0.0882. The van der Waals surface area contributed by atoms with E-state index in [1.165, 1.54) is 22.4 Å². The van der Waals surface area contributed by atoms with Gasteiger partial charge < -0.3 is 4.90 Å². The third kappa shape index (κ3) is 6.14. The zero-order valence-corrected chi connectivity index (χ0v) is 21.1. The molecule has 0 aliphatic heterocycles. The predicted molar refractivity (Wildman–Crippen MR) is 157 cm³/mol. The minimum Gasteiger partial charge on any atom is -0.363 e. The Balaban J connectivity index is 1.49. The maximum atomic E-state index is 4.95. The maximum Gasteiger partial charge on any atom is 0.0652 e. The SMILES string of the molecule is Cc1c(/C=N/N(c2ccccc2)c2ccccc2)cccc1N(Cc1ccccc1)Cc1ccccc1. The molecule has 0 unspecified atom stereocenters. The largest absolute Gasteiger partial charge is 0.363 e. The molecule has 0 radical (unpaired) electrons. The molecule has 0 fully saturated rings. The van der Waals surface area contributed by atoms with E-state index in [9.17, 15) is 0 Å². The summed E-state index contributed by atoms with van der Waals surface area (Å²) in [5, 5.41) is 6.94. The molecule has 5 aromatic rings. The van der Waals surface area contributed by atoms with E-state index in [1.54, 1.807) is 0 Å². The van der Waals surface area contributed by atoms with Crippen molar-refractivity contribution in [1.29, 1.82) is 0 Å². The zero-order chi connectivity index (χ0) is 25.3. The van der Waals surface area contributed by atoms with Crippen LogP contribution in [0.1, 0.15) is 22.3 Å². The monoisotopic (exact) mass is 481 g/mol. The lowest BCUT2D eigenvalue weighted by Gasteiger charge is -2.28. The van der Waals surface area contributed by atoms with E-state index >= 15 is 0 Å². The average molecular weight is 482 g/mol. The number of para-hydroxylation sites is 2. The number of benzene rings is 5. The Kier molecular flexibility index (Phi) is 7.73. The van der Waals surface area contributed by atoms with Gasteiger partial charge in [-0.3, -0.25) is 0 Å². The molecule has 5 aromatic carbocycles. The third-order valence-electron chi connectivity index (χ3n) is 6.43. The Morgan fingerprint density at radius 1 is 0.541 bits per heavy atom. The first-order chi connectivity index (χ1) is 18.3. The van der Waals surface area contributed by atoms with Crippen LogP contribution in [0.3, 0.4) is 0 Å². The molecule has 3 nitrogen and oxygen atoms in total. The number of anilines is 3. The van der Waals surface area contributed by atoms with Gasteiger partial charge in [0, 0.05) is 18.8 Å². The highest BCUT2D eigenvalue weighted by Gasteiger charge is 2.14. The van der Waals surface area contributed by atoms with E-state index in [1.807, 2.05) is 47.6 Å². The fourth-order valence-corrected chi connectivity index (χ4v) is 4.50. The lowest BCUT2D eigenvalue weighted by Crippen LogP contribution is -2.23. The van der Waals surface area contributed by atoms with Gasteiger partial charge in [-0.1, -0.05) is 109 Å². The lowest BCUT2D eigenvalue weighted by atomic mass is 10.0. The van der Waals surface area contributed by atoms with Crippen LogP contribution in [-0.4, -0.2) is 6.21 Å². The van der Waals surface area contributed by atoms with Gasteiger partial charge in [-0.2, -0.15) is 5.10 Å². The summed E-state index contributed by atoms with van der Waals surface area (Å²) in [4.78, 5) is 2.45. The van der Waals surface area contributed by atoms with Crippen molar-refractivity contribution in [2.24, 2.45) is 5.10 Å². The molecule has 37 heavy (non-hydrogen) atoms. The van der Waals surface area contributed by atoms with Gasteiger partial charge in [0.25, 0.3) is 0 Å². The zero-order valence-electron chi connectivity index (χ0n) is 21.1. The molecular formula is C34H31N3. The maximum absolute atomic E-state index is 4.95. The summed E-state index contributed by atoms with van der Waals surface area (Å²) >= 11 is 0. The van der Waals surface area contributed by atoms with Crippen molar-refractivity contribution in [3.8, 4) is 0 Å². The van der Waals surface area contributed by atoms with Crippen molar-refractivity contribution in [1.82, 2.24) is 0 Å². The fourth-order valence-electron chi connectivity index (χ4n) is 4.50. The predicted octanol–water partition coefficient (Wildman–Crippen LogP) is 8.37. The van der Waals surface area contributed by atoms with E-state index < -0.39 is 0 Å². The molecule has 182 valence electrons. The minimum absolute atomic E-state index is 0.831. The highest BCUT2D eigenvalue weighted by Crippen LogP contribution is 2.28. The van der Waals surface area contributed by atoms with Gasteiger partial charge in [0.2, 0.25) is 0 Å². The molecule has 0 N–H and O–H groups in total. The van der Waals surface area contributed by atoms with Crippen molar-refractivity contribution < 1.29 is 0 Å². The van der Waals surface area contributed by atoms with Crippen molar-refractivity contribution >= 4 is 23.3 Å². The Morgan fingerprint density at radius 3 is 1.49 bits per heavy atom. The standard InChI is InChI=1S/C34H31N3/c1-28-31(25-35-37(32-20-10-4-11-21-32)33-22-12-5-13-23-33)19-14-24-34(28)36(26-29-15-6-2-7-16-29)27-30-17-8-3-9-18-30/h2-25H,26-27H2,1H3/b35-25+. The molecule has 3 heteroatoms. The van der Waals surface area contributed by atoms with Crippen LogP contribution < -0.4 is 9.91 Å². The molecule has 0 saturated heterocycles. The second-order valence-electron chi connectivity index (χ2n) is 9.05. The van der Waals surface area contributed by atoms with Crippen molar-refractivity contribution in [2.45, 2.75) is 20.0 Å². The second-order valence-corrected chi connectivity index (χ2v) is 9.05. The van der Waals surface area contributed by atoms with Crippen LogP contribution in [0.15, 0.2) is 145 Å². The van der Waals surface area contributed by atoms with E-state index in [-0.39, 0.29) is 0 Å². The Bertz CT molecular complexity index is 1330. The molecule has 0 atom stereocenters. The molecule has 0 saturated carbocycles. The molecule has 0 spiro atoms. The first-order valence-electron chi connectivity index (χ1n) is 12.6. The molecule has 0 bridgehead atoms. The van der Waals surface area contributed by atoms with Gasteiger partial charge >= 0.3 is 0 Å². The summed E-state index contributed by atoms with van der Waals surface area (Å²) in [6, 6.07) is 48.3. The van der Waals surface area contributed by atoms with Crippen LogP contribution in [0.2, 0.25) is 0 Å². The molecular weight excluding hydrogens is 450 g/mol. The van der Waals surface area contributed by atoms with Gasteiger partial charge in [-0.25, -0.2) is 5.01 Å². The lowest BCUT2D eigenvalue weighted by molar-refractivity contribution is 0.796. The highest BCUT2D eigenvalue weighted by atomic mass is 15.5. The first kappa shape index (κ1) is 24.1. The summed E-state index contributed by atoms with van der Waals surface area (Å²) < 4.78 is 0. The van der Waals surface area contributed by atoms with Crippen LogP contribution in [0.25, 0.3) is 0 Å². The summed E-state index contributed by atoms with van der Waals surface area (Å²) in [6.45, 7) is 3.85. The first-order valence-corrected chi connectivity index (χ1v) is 12.6. The van der Waals surface area contributed by atoms with Gasteiger partial charge in [0.15, 0.2) is 0 Å². The van der Waals surface area contributed by atoms with Crippen LogP contribution in [0.4, 0.5) is 17.1 Å². The van der Waals surface area contributed by atoms with Crippen molar-refractivity contribution in [3.63, 3.8) is 0 Å². The third-order valence-corrected chi connectivity index (χ3v) is 6.43. The van der Waals surface area contributed by atoms with Gasteiger partial charge in [0.1, 0.15) is 0 Å². The van der Waals surface area contributed by atoms with E-state index in [0.717, 1.165) is 30.0 Å². The molecule has 0 aliphatic rings. The van der Waals surface area contributed by atoms with Crippen LogP contribution in [0.5, 0.6) is 0 Å². The molecule has 0 aliphatic carbocycles. The van der Waals surface area contributed by atoms with Crippen molar-refractivity contribution in [2.75, 3.05) is 9.91 Å². The minimum atomic E-state index is 0.831. The molecule has 0 aromatic heterocycles. The van der Waals surface area contributed by atoms with Crippen molar-refractivity contribution in [3.05, 3.63) is 162 Å². The Hall–Kier alpha value is -4.63.